The van der Waals surface area contributed by atoms with Crippen molar-refractivity contribution < 1.29 is 0 Å². The molecule has 0 amide bonds. The Morgan fingerprint density at radius 3 is 2.23 bits per heavy atom. The van der Waals surface area contributed by atoms with Gasteiger partial charge in [0.2, 0.25) is 0 Å². The smallest absolute Gasteiger partial charge is 0.159 e. The molecule has 0 bridgehead atoms. The Bertz CT molecular complexity index is 381. The molecule has 0 spiro atoms. The summed E-state index contributed by atoms with van der Waals surface area (Å²) >= 11 is 0. The first-order valence-corrected chi connectivity index (χ1v) is 4.05. The number of pyridine rings is 1. The molecule has 0 aromatic carbocycles. The van der Waals surface area contributed by atoms with Gasteiger partial charge < -0.3 is 0 Å². The van der Waals surface area contributed by atoms with Crippen LogP contribution in [0.4, 0.5) is 0 Å². The highest BCUT2D eigenvalue weighted by Crippen LogP contribution is 2.11. The largest absolute Gasteiger partial charge is 0.265 e. The van der Waals surface area contributed by atoms with Crippen molar-refractivity contribution in [3.63, 3.8) is 0 Å². The predicted molar refractivity (Wildman–Crippen MR) is 50.0 cm³/mol. The van der Waals surface area contributed by atoms with Crippen molar-refractivity contribution in [2.45, 2.75) is 6.92 Å². The molecular weight excluding hydrogens is 162 g/mol. The molecule has 2 aromatic heterocycles. The molecule has 0 aliphatic heterocycles. The first kappa shape index (κ1) is 7.86. The summed E-state index contributed by atoms with van der Waals surface area (Å²) in [6, 6.07) is 3.79. The lowest BCUT2D eigenvalue weighted by atomic mass is 10.2. The van der Waals surface area contributed by atoms with Crippen LogP contribution in [0.5, 0.6) is 0 Å². The Labute approximate surface area is 76.5 Å². The molecule has 64 valence electrons. The molecule has 0 unspecified atom stereocenters. The highest BCUT2D eigenvalue weighted by Gasteiger charge is 1.97. The third kappa shape index (κ3) is 1.69. The van der Waals surface area contributed by atoms with Gasteiger partial charge >= 0.3 is 0 Å². The third-order valence-corrected chi connectivity index (χ3v) is 1.72. The predicted octanol–water partition coefficient (Wildman–Crippen LogP) is 1.85. The van der Waals surface area contributed by atoms with Crippen LogP contribution < -0.4 is 0 Å². The van der Waals surface area contributed by atoms with E-state index in [4.69, 9.17) is 0 Å². The second kappa shape index (κ2) is 3.31. The molecule has 0 saturated heterocycles. The lowest BCUT2D eigenvalue weighted by Crippen LogP contribution is -1.88. The SMILES string of the molecule is Cc1cnc(-c2ccncc2)nc1. The first-order chi connectivity index (χ1) is 6.36. The van der Waals surface area contributed by atoms with E-state index in [-0.39, 0.29) is 0 Å². The van der Waals surface area contributed by atoms with Gasteiger partial charge in [-0.05, 0) is 24.6 Å². The van der Waals surface area contributed by atoms with Gasteiger partial charge in [-0.15, -0.1) is 0 Å². The minimum atomic E-state index is 0.744. The van der Waals surface area contributed by atoms with Gasteiger partial charge in [0, 0.05) is 30.4 Å². The Kier molecular flexibility index (Phi) is 2.00. The molecular formula is C10H9N3. The molecule has 0 fully saturated rings. The number of hydrogen-bond donors (Lipinski definition) is 0. The zero-order chi connectivity index (χ0) is 9.10. The monoisotopic (exact) mass is 171 g/mol. The molecule has 0 radical (unpaired) electrons. The Balaban J connectivity index is 2.42. The zero-order valence-corrected chi connectivity index (χ0v) is 7.31. The first-order valence-electron chi connectivity index (χ1n) is 4.05. The second-order valence-corrected chi connectivity index (χ2v) is 2.82. The van der Waals surface area contributed by atoms with Gasteiger partial charge in [0.1, 0.15) is 0 Å². The molecule has 0 saturated carbocycles. The second-order valence-electron chi connectivity index (χ2n) is 2.82. The van der Waals surface area contributed by atoms with Crippen molar-refractivity contribution in [3.05, 3.63) is 42.5 Å². The number of hydrogen-bond acceptors (Lipinski definition) is 3. The number of aromatic nitrogens is 3. The van der Waals surface area contributed by atoms with Crippen LogP contribution in [0.3, 0.4) is 0 Å². The molecule has 0 aliphatic carbocycles. The average molecular weight is 171 g/mol. The molecule has 2 aromatic rings. The summed E-state index contributed by atoms with van der Waals surface area (Å²) in [7, 11) is 0. The van der Waals surface area contributed by atoms with Crippen molar-refractivity contribution in [1.82, 2.24) is 15.0 Å². The van der Waals surface area contributed by atoms with E-state index in [0.29, 0.717) is 0 Å². The highest BCUT2D eigenvalue weighted by molar-refractivity contribution is 5.52. The maximum absolute atomic E-state index is 4.21. The van der Waals surface area contributed by atoms with E-state index in [1.54, 1.807) is 12.4 Å². The zero-order valence-electron chi connectivity index (χ0n) is 7.31. The van der Waals surface area contributed by atoms with Gasteiger partial charge in [-0.1, -0.05) is 0 Å². The molecule has 0 N–H and O–H groups in total. The number of aryl methyl sites for hydroxylation is 1. The molecule has 0 atom stereocenters. The van der Waals surface area contributed by atoms with E-state index in [9.17, 15) is 0 Å². The molecule has 2 heterocycles. The van der Waals surface area contributed by atoms with E-state index >= 15 is 0 Å². The van der Waals surface area contributed by atoms with Gasteiger partial charge in [0.15, 0.2) is 5.82 Å². The number of rotatable bonds is 1. The van der Waals surface area contributed by atoms with Crippen LogP contribution in [0, 0.1) is 6.92 Å². The van der Waals surface area contributed by atoms with Crippen LogP contribution in [0.2, 0.25) is 0 Å². The van der Waals surface area contributed by atoms with Crippen LogP contribution in [-0.4, -0.2) is 15.0 Å². The van der Waals surface area contributed by atoms with E-state index in [1.165, 1.54) is 0 Å². The van der Waals surface area contributed by atoms with Crippen LogP contribution in [0.25, 0.3) is 11.4 Å². The summed E-state index contributed by atoms with van der Waals surface area (Å²) in [5.74, 6) is 0.744. The molecule has 13 heavy (non-hydrogen) atoms. The molecule has 3 heteroatoms. The van der Waals surface area contributed by atoms with Crippen molar-refractivity contribution >= 4 is 0 Å². The maximum Gasteiger partial charge on any atom is 0.159 e. The number of nitrogens with zero attached hydrogens (tertiary/aromatic N) is 3. The van der Waals surface area contributed by atoms with Crippen LogP contribution in [0.15, 0.2) is 36.9 Å². The van der Waals surface area contributed by atoms with E-state index in [2.05, 4.69) is 15.0 Å². The fourth-order valence-electron chi connectivity index (χ4n) is 1.04. The summed E-state index contributed by atoms with van der Waals surface area (Å²) < 4.78 is 0. The minimum Gasteiger partial charge on any atom is -0.265 e. The standard InChI is InChI=1S/C10H9N3/c1-8-6-12-10(13-7-8)9-2-4-11-5-3-9/h2-7H,1H3. The summed E-state index contributed by atoms with van der Waals surface area (Å²) in [5.41, 5.74) is 2.06. The van der Waals surface area contributed by atoms with Crippen LogP contribution in [-0.2, 0) is 0 Å². The average Bonchev–Trinajstić information content (AvgIpc) is 2.20. The Morgan fingerprint density at radius 1 is 1.00 bits per heavy atom. The Morgan fingerprint density at radius 2 is 1.62 bits per heavy atom. The topological polar surface area (TPSA) is 38.7 Å². The molecule has 3 nitrogen and oxygen atoms in total. The molecule has 2 rings (SSSR count). The normalized spacial score (nSPS) is 9.92. The van der Waals surface area contributed by atoms with Crippen molar-refractivity contribution in [1.29, 1.82) is 0 Å². The van der Waals surface area contributed by atoms with Crippen LogP contribution >= 0.6 is 0 Å². The summed E-state index contributed by atoms with van der Waals surface area (Å²) in [6.45, 7) is 1.97. The van der Waals surface area contributed by atoms with Crippen LogP contribution in [0.1, 0.15) is 5.56 Å². The maximum atomic E-state index is 4.21. The van der Waals surface area contributed by atoms with Crippen molar-refractivity contribution in [2.24, 2.45) is 0 Å². The van der Waals surface area contributed by atoms with E-state index < -0.39 is 0 Å². The van der Waals surface area contributed by atoms with Gasteiger partial charge in [0.05, 0.1) is 0 Å². The lowest BCUT2D eigenvalue weighted by molar-refractivity contribution is 1.13. The quantitative estimate of drug-likeness (QED) is 0.657. The fourth-order valence-corrected chi connectivity index (χ4v) is 1.04. The van der Waals surface area contributed by atoms with E-state index in [1.807, 2.05) is 31.5 Å². The van der Waals surface area contributed by atoms with Gasteiger partial charge in [-0.25, -0.2) is 9.97 Å². The van der Waals surface area contributed by atoms with Gasteiger partial charge in [-0.2, -0.15) is 0 Å². The minimum absolute atomic E-state index is 0.744. The van der Waals surface area contributed by atoms with Gasteiger partial charge in [-0.3, -0.25) is 4.98 Å². The summed E-state index contributed by atoms with van der Waals surface area (Å²) in [6.07, 6.45) is 7.09. The van der Waals surface area contributed by atoms with Crippen molar-refractivity contribution in [2.75, 3.05) is 0 Å². The van der Waals surface area contributed by atoms with E-state index in [0.717, 1.165) is 17.0 Å². The van der Waals surface area contributed by atoms with Crippen molar-refractivity contribution in [3.8, 4) is 11.4 Å². The summed E-state index contributed by atoms with van der Waals surface area (Å²) in [5, 5.41) is 0. The third-order valence-electron chi connectivity index (χ3n) is 1.72. The highest BCUT2D eigenvalue weighted by atomic mass is 14.9. The summed E-state index contributed by atoms with van der Waals surface area (Å²) in [4.78, 5) is 12.4. The Hall–Kier alpha value is -1.77. The van der Waals surface area contributed by atoms with Gasteiger partial charge in [0.25, 0.3) is 0 Å². The fraction of sp³-hybridized carbons (Fsp3) is 0.100. The lowest BCUT2D eigenvalue weighted by Gasteiger charge is -1.98. The molecule has 0 aliphatic rings.